The lowest BCUT2D eigenvalue weighted by Crippen LogP contribution is -2.22. The van der Waals surface area contributed by atoms with Crippen molar-refractivity contribution in [2.24, 2.45) is 7.05 Å². The van der Waals surface area contributed by atoms with E-state index < -0.39 is 23.2 Å². The van der Waals surface area contributed by atoms with E-state index in [1.165, 1.54) is 22.9 Å². The van der Waals surface area contributed by atoms with E-state index in [2.05, 4.69) is 25.6 Å². The fourth-order valence-corrected chi connectivity index (χ4v) is 3.41. The maximum absolute atomic E-state index is 13.0. The Bertz CT molecular complexity index is 1480. The number of hydrogen-bond donors (Lipinski definition) is 2. The summed E-state index contributed by atoms with van der Waals surface area (Å²) in [4.78, 5) is 38.5. The molecule has 34 heavy (non-hydrogen) atoms. The number of aryl methyl sites for hydroxylation is 2. The molecular formula is C23H19F3N6O2. The molecule has 0 aliphatic carbocycles. The second-order valence-corrected chi connectivity index (χ2v) is 7.54. The fourth-order valence-electron chi connectivity index (χ4n) is 3.41. The van der Waals surface area contributed by atoms with Crippen LogP contribution in [0, 0.1) is 6.92 Å². The molecule has 2 heterocycles. The normalized spacial score (nSPS) is 11.5. The van der Waals surface area contributed by atoms with Gasteiger partial charge in [0.05, 0.1) is 11.8 Å². The van der Waals surface area contributed by atoms with Gasteiger partial charge in [-0.1, -0.05) is 12.1 Å². The number of nitrogens with zero attached hydrogens (tertiary/aromatic N) is 4. The maximum atomic E-state index is 13.0. The Labute approximate surface area is 191 Å². The molecule has 2 aromatic carbocycles. The zero-order valence-corrected chi connectivity index (χ0v) is 18.4. The van der Waals surface area contributed by atoms with E-state index in [4.69, 9.17) is 0 Å². The number of benzene rings is 2. The third-order valence-electron chi connectivity index (χ3n) is 5.23. The molecule has 0 radical (unpaired) electrons. The number of rotatable bonds is 4. The van der Waals surface area contributed by atoms with Gasteiger partial charge in [-0.25, -0.2) is 9.97 Å². The van der Waals surface area contributed by atoms with E-state index in [0.29, 0.717) is 33.9 Å². The van der Waals surface area contributed by atoms with Gasteiger partial charge in [-0.05, 0) is 42.8 Å². The molecular weight excluding hydrogens is 449 g/mol. The SMILES string of the molecule is CNc1ncc2nc(-c3cc(NC(=O)c4cccc(C(F)(F)F)c4)ccc3C)c(=O)n(C)c2n1. The van der Waals surface area contributed by atoms with Crippen molar-refractivity contribution < 1.29 is 18.0 Å². The Morgan fingerprint density at radius 3 is 2.56 bits per heavy atom. The van der Waals surface area contributed by atoms with Crippen molar-refractivity contribution in [1.82, 2.24) is 19.5 Å². The van der Waals surface area contributed by atoms with Gasteiger partial charge in [-0.3, -0.25) is 14.2 Å². The van der Waals surface area contributed by atoms with Crippen LogP contribution in [0.2, 0.25) is 0 Å². The summed E-state index contributed by atoms with van der Waals surface area (Å²) in [6.07, 6.45) is -3.07. The second-order valence-electron chi connectivity index (χ2n) is 7.54. The first kappa shape index (κ1) is 22.9. The summed E-state index contributed by atoms with van der Waals surface area (Å²) < 4.78 is 40.3. The number of fused-ring (bicyclic) bond motifs is 1. The third-order valence-corrected chi connectivity index (χ3v) is 5.23. The molecule has 0 aliphatic heterocycles. The lowest BCUT2D eigenvalue weighted by Gasteiger charge is -2.13. The number of carbonyl (C=O) groups is 1. The largest absolute Gasteiger partial charge is 0.416 e. The van der Waals surface area contributed by atoms with Gasteiger partial charge >= 0.3 is 6.18 Å². The molecule has 2 aromatic heterocycles. The quantitative estimate of drug-likeness (QED) is 0.469. The molecule has 0 unspecified atom stereocenters. The fraction of sp³-hybridized carbons (Fsp3) is 0.174. The van der Waals surface area contributed by atoms with Crippen LogP contribution in [0.15, 0.2) is 53.5 Å². The third kappa shape index (κ3) is 4.32. The minimum absolute atomic E-state index is 0.128. The molecule has 8 nitrogen and oxygen atoms in total. The molecule has 1 amide bonds. The molecule has 0 saturated carbocycles. The topological polar surface area (TPSA) is 102 Å². The zero-order valence-electron chi connectivity index (χ0n) is 18.4. The molecule has 0 aliphatic rings. The minimum atomic E-state index is -4.56. The number of amides is 1. The van der Waals surface area contributed by atoms with Crippen molar-refractivity contribution in [3.63, 3.8) is 0 Å². The van der Waals surface area contributed by atoms with Gasteiger partial charge in [-0.2, -0.15) is 18.2 Å². The van der Waals surface area contributed by atoms with Gasteiger partial charge in [0.1, 0.15) is 11.2 Å². The van der Waals surface area contributed by atoms with Gasteiger partial charge in [0, 0.05) is 30.9 Å². The summed E-state index contributed by atoms with van der Waals surface area (Å²) in [6, 6.07) is 8.97. The Hall–Kier alpha value is -4.28. The van der Waals surface area contributed by atoms with Crippen LogP contribution in [-0.2, 0) is 13.2 Å². The van der Waals surface area contributed by atoms with Crippen LogP contribution >= 0.6 is 0 Å². The van der Waals surface area contributed by atoms with E-state index in [1.807, 2.05) is 0 Å². The lowest BCUT2D eigenvalue weighted by molar-refractivity contribution is -0.137. The predicted molar refractivity (Wildman–Crippen MR) is 122 cm³/mol. The van der Waals surface area contributed by atoms with Crippen LogP contribution < -0.4 is 16.2 Å². The van der Waals surface area contributed by atoms with Crippen molar-refractivity contribution >= 4 is 28.7 Å². The van der Waals surface area contributed by atoms with E-state index in [1.54, 1.807) is 39.2 Å². The molecule has 2 N–H and O–H groups in total. The molecule has 174 valence electrons. The summed E-state index contributed by atoms with van der Waals surface area (Å²) in [5.74, 6) is -0.374. The van der Waals surface area contributed by atoms with Gasteiger partial charge in [0.15, 0.2) is 5.65 Å². The molecule has 0 atom stereocenters. The van der Waals surface area contributed by atoms with Crippen molar-refractivity contribution in [3.05, 3.63) is 75.7 Å². The molecule has 0 bridgehead atoms. The van der Waals surface area contributed by atoms with Gasteiger partial charge < -0.3 is 10.6 Å². The van der Waals surface area contributed by atoms with Crippen LogP contribution in [0.5, 0.6) is 0 Å². The van der Waals surface area contributed by atoms with E-state index >= 15 is 0 Å². The number of aromatic nitrogens is 4. The van der Waals surface area contributed by atoms with Gasteiger partial charge in [0.25, 0.3) is 11.5 Å². The molecule has 11 heteroatoms. The Morgan fingerprint density at radius 1 is 1.09 bits per heavy atom. The molecule has 0 spiro atoms. The van der Waals surface area contributed by atoms with Gasteiger partial charge in [-0.15, -0.1) is 0 Å². The Balaban J connectivity index is 1.72. The van der Waals surface area contributed by atoms with E-state index in [0.717, 1.165) is 12.1 Å². The summed E-state index contributed by atoms with van der Waals surface area (Å²) >= 11 is 0. The van der Waals surface area contributed by atoms with Crippen LogP contribution in [0.4, 0.5) is 24.8 Å². The van der Waals surface area contributed by atoms with Crippen LogP contribution in [0.25, 0.3) is 22.4 Å². The highest BCUT2D eigenvalue weighted by molar-refractivity contribution is 6.04. The Kier molecular flexibility index (Phi) is 5.78. The monoisotopic (exact) mass is 468 g/mol. The second kappa shape index (κ2) is 8.58. The summed E-state index contributed by atoms with van der Waals surface area (Å²) in [7, 11) is 3.22. The number of hydrogen-bond acceptors (Lipinski definition) is 6. The predicted octanol–water partition coefficient (Wildman–Crippen LogP) is 4.01. The molecule has 4 aromatic rings. The van der Waals surface area contributed by atoms with Crippen molar-refractivity contribution in [2.45, 2.75) is 13.1 Å². The van der Waals surface area contributed by atoms with Crippen LogP contribution in [-0.4, -0.2) is 32.5 Å². The number of nitrogens with one attached hydrogen (secondary N) is 2. The standard InChI is InChI=1S/C23H19F3N6O2/c1-12-7-8-15(29-20(33)13-5-4-6-14(9-13)23(24,25)26)10-16(12)18-21(34)32(3)19-17(30-18)11-28-22(27-2)31-19/h4-11H,1-3H3,(H,29,33)(H,27,28,31). The Morgan fingerprint density at radius 2 is 1.85 bits per heavy atom. The van der Waals surface area contributed by atoms with Crippen LogP contribution in [0.1, 0.15) is 21.5 Å². The van der Waals surface area contributed by atoms with E-state index in [-0.39, 0.29) is 11.3 Å². The summed E-state index contributed by atoms with van der Waals surface area (Å²) in [5, 5.41) is 5.39. The summed E-state index contributed by atoms with van der Waals surface area (Å²) in [5.41, 5.74) is 0.880. The maximum Gasteiger partial charge on any atom is 0.416 e. The zero-order chi connectivity index (χ0) is 24.6. The smallest absolute Gasteiger partial charge is 0.357 e. The number of carbonyl (C=O) groups excluding carboxylic acids is 1. The molecule has 0 saturated heterocycles. The number of anilines is 2. The first-order valence-electron chi connectivity index (χ1n) is 10.1. The number of alkyl halides is 3. The first-order valence-corrected chi connectivity index (χ1v) is 10.1. The van der Waals surface area contributed by atoms with Crippen molar-refractivity contribution in [1.29, 1.82) is 0 Å². The highest BCUT2D eigenvalue weighted by atomic mass is 19.4. The highest BCUT2D eigenvalue weighted by Gasteiger charge is 2.31. The average Bonchev–Trinajstić information content (AvgIpc) is 2.82. The molecule has 4 rings (SSSR count). The summed E-state index contributed by atoms with van der Waals surface area (Å²) in [6.45, 7) is 1.78. The minimum Gasteiger partial charge on any atom is -0.357 e. The van der Waals surface area contributed by atoms with Gasteiger partial charge in [0.2, 0.25) is 5.95 Å². The first-order chi connectivity index (χ1) is 16.1. The molecule has 0 fully saturated rings. The lowest BCUT2D eigenvalue weighted by atomic mass is 10.0. The number of halogens is 3. The van der Waals surface area contributed by atoms with E-state index in [9.17, 15) is 22.8 Å². The van der Waals surface area contributed by atoms with Crippen LogP contribution in [0.3, 0.4) is 0 Å². The van der Waals surface area contributed by atoms with Crippen molar-refractivity contribution in [3.8, 4) is 11.3 Å². The highest BCUT2D eigenvalue weighted by Crippen LogP contribution is 2.30. The average molecular weight is 468 g/mol. The van der Waals surface area contributed by atoms with Crippen molar-refractivity contribution in [2.75, 3.05) is 17.7 Å².